The number of anilines is 2. The molecule has 2 aromatic carbocycles. The van der Waals surface area contributed by atoms with Crippen LogP contribution in [0.5, 0.6) is 5.75 Å². The molecule has 4 rings (SSSR count). The summed E-state index contributed by atoms with van der Waals surface area (Å²) in [5.41, 5.74) is 2.09. The molecule has 4 aromatic rings. The Hall–Kier alpha value is -3.81. The van der Waals surface area contributed by atoms with Crippen molar-refractivity contribution in [1.29, 1.82) is 0 Å². The Morgan fingerprint density at radius 3 is 2.77 bits per heavy atom. The molecule has 0 saturated carbocycles. The lowest BCUT2D eigenvalue weighted by atomic mass is 10.1. The number of nitro groups is 1. The van der Waals surface area contributed by atoms with Crippen LogP contribution in [0.1, 0.15) is 0 Å². The highest BCUT2D eigenvalue weighted by Crippen LogP contribution is 2.34. The molecule has 0 atom stereocenters. The molecule has 0 unspecified atom stereocenters. The number of nitrogens with one attached hydrogen (secondary N) is 1. The standard InChI is InChI=1S/C18H13N5O3/c1-26-17-9-15-13(8-16(17)23(24)25)18(21-10-20-15)22-12-4-5-14-11(7-12)3-2-6-19-14/h2-10H,1H3,(H,20,21,22). The quantitative estimate of drug-likeness (QED) is 0.442. The Bertz CT molecular complexity index is 1150. The van der Waals surface area contributed by atoms with E-state index in [-0.39, 0.29) is 11.4 Å². The van der Waals surface area contributed by atoms with Crippen molar-refractivity contribution in [3.63, 3.8) is 0 Å². The van der Waals surface area contributed by atoms with Crippen LogP contribution in [-0.2, 0) is 0 Å². The molecule has 2 heterocycles. The average Bonchev–Trinajstić information content (AvgIpc) is 2.67. The number of hydrogen-bond acceptors (Lipinski definition) is 7. The SMILES string of the molecule is COc1cc2ncnc(Nc3ccc4ncccc4c3)c2cc1[N+](=O)[O-]. The first-order valence-electron chi connectivity index (χ1n) is 7.74. The lowest BCUT2D eigenvalue weighted by molar-refractivity contribution is -0.385. The molecule has 8 nitrogen and oxygen atoms in total. The zero-order valence-corrected chi connectivity index (χ0v) is 13.7. The van der Waals surface area contributed by atoms with Crippen LogP contribution in [0, 0.1) is 10.1 Å². The molecule has 1 N–H and O–H groups in total. The first kappa shape index (κ1) is 15.7. The van der Waals surface area contributed by atoms with Gasteiger partial charge >= 0.3 is 5.69 Å². The molecule has 2 aromatic heterocycles. The van der Waals surface area contributed by atoms with Crippen molar-refractivity contribution in [2.24, 2.45) is 0 Å². The zero-order valence-electron chi connectivity index (χ0n) is 13.7. The fraction of sp³-hybridized carbons (Fsp3) is 0.0556. The Kier molecular flexibility index (Phi) is 3.77. The minimum atomic E-state index is -0.489. The van der Waals surface area contributed by atoms with E-state index in [4.69, 9.17) is 4.74 Å². The van der Waals surface area contributed by atoms with E-state index in [0.29, 0.717) is 16.7 Å². The van der Waals surface area contributed by atoms with Crippen LogP contribution in [0.3, 0.4) is 0 Å². The Balaban J connectivity index is 1.82. The second kappa shape index (κ2) is 6.25. The summed E-state index contributed by atoms with van der Waals surface area (Å²) in [6.07, 6.45) is 3.14. The van der Waals surface area contributed by atoms with Crippen LogP contribution in [0.15, 0.2) is 55.0 Å². The van der Waals surface area contributed by atoms with Crippen molar-refractivity contribution in [1.82, 2.24) is 15.0 Å². The maximum absolute atomic E-state index is 11.3. The van der Waals surface area contributed by atoms with Gasteiger partial charge in [-0.2, -0.15) is 0 Å². The van der Waals surface area contributed by atoms with Gasteiger partial charge in [0.2, 0.25) is 0 Å². The van der Waals surface area contributed by atoms with Gasteiger partial charge < -0.3 is 10.1 Å². The van der Waals surface area contributed by atoms with Crippen molar-refractivity contribution in [3.8, 4) is 5.75 Å². The van der Waals surface area contributed by atoms with Crippen LogP contribution in [0.25, 0.3) is 21.8 Å². The summed E-state index contributed by atoms with van der Waals surface area (Å²) in [7, 11) is 1.39. The van der Waals surface area contributed by atoms with Gasteiger partial charge in [0.15, 0.2) is 5.75 Å². The van der Waals surface area contributed by atoms with Crippen molar-refractivity contribution >= 4 is 39.0 Å². The van der Waals surface area contributed by atoms with Crippen molar-refractivity contribution in [2.75, 3.05) is 12.4 Å². The molecule has 128 valence electrons. The third-order valence-electron chi connectivity index (χ3n) is 4.00. The summed E-state index contributed by atoms with van der Waals surface area (Å²) in [6, 6.07) is 12.5. The fourth-order valence-corrected chi connectivity index (χ4v) is 2.77. The van der Waals surface area contributed by atoms with Gasteiger partial charge in [-0.05, 0) is 24.3 Å². The monoisotopic (exact) mass is 347 g/mol. The minimum absolute atomic E-state index is 0.138. The van der Waals surface area contributed by atoms with Crippen LogP contribution in [0.2, 0.25) is 0 Å². The number of aromatic nitrogens is 3. The fourth-order valence-electron chi connectivity index (χ4n) is 2.77. The molecule has 0 aliphatic rings. The number of nitrogens with zero attached hydrogens (tertiary/aromatic N) is 4. The molecule has 0 radical (unpaired) electrons. The number of methoxy groups -OCH3 is 1. The number of pyridine rings is 1. The number of ether oxygens (including phenoxy) is 1. The van der Waals surface area contributed by atoms with E-state index in [2.05, 4.69) is 20.3 Å². The second-order valence-corrected chi connectivity index (χ2v) is 5.56. The van der Waals surface area contributed by atoms with Gasteiger partial charge in [-0.15, -0.1) is 0 Å². The van der Waals surface area contributed by atoms with E-state index >= 15 is 0 Å². The third kappa shape index (κ3) is 2.73. The van der Waals surface area contributed by atoms with E-state index in [1.807, 2.05) is 30.3 Å². The smallest absolute Gasteiger partial charge is 0.311 e. The van der Waals surface area contributed by atoms with Gasteiger partial charge in [-0.25, -0.2) is 9.97 Å². The van der Waals surface area contributed by atoms with Crippen molar-refractivity contribution in [2.45, 2.75) is 0 Å². The summed E-state index contributed by atoms with van der Waals surface area (Å²) < 4.78 is 5.09. The number of rotatable bonds is 4. The average molecular weight is 347 g/mol. The van der Waals surface area contributed by atoms with E-state index in [0.717, 1.165) is 16.6 Å². The molecule has 0 aliphatic heterocycles. The molecular weight excluding hydrogens is 334 g/mol. The number of hydrogen-bond donors (Lipinski definition) is 1. The first-order chi connectivity index (χ1) is 12.7. The maximum Gasteiger partial charge on any atom is 0.311 e. The largest absolute Gasteiger partial charge is 0.490 e. The minimum Gasteiger partial charge on any atom is -0.490 e. The Morgan fingerprint density at radius 1 is 1.08 bits per heavy atom. The molecule has 8 heteroatoms. The lowest BCUT2D eigenvalue weighted by Crippen LogP contribution is -1.99. The van der Waals surface area contributed by atoms with Crippen molar-refractivity contribution in [3.05, 3.63) is 65.1 Å². The van der Waals surface area contributed by atoms with E-state index in [9.17, 15) is 10.1 Å². The van der Waals surface area contributed by atoms with E-state index < -0.39 is 4.92 Å². The number of benzene rings is 2. The molecule has 26 heavy (non-hydrogen) atoms. The number of nitro benzene ring substituents is 1. The van der Waals surface area contributed by atoms with Gasteiger partial charge in [-0.3, -0.25) is 15.1 Å². The maximum atomic E-state index is 11.3. The van der Waals surface area contributed by atoms with Crippen LogP contribution >= 0.6 is 0 Å². The van der Waals surface area contributed by atoms with Crippen LogP contribution in [0.4, 0.5) is 17.2 Å². The highest BCUT2D eigenvalue weighted by molar-refractivity contribution is 5.94. The molecule has 0 bridgehead atoms. The summed E-state index contributed by atoms with van der Waals surface area (Å²) in [5, 5.41) is 16.0. The summed E-state index contributed by atoms with van der Waals surface area (Å²) in [4.78, 5) is 23.5. The normalized spacial score (nSPS) is 10.8. The molecule has 0 saturated heterocycles. The topological polar surface area (TPSA) is 103 Å². The summed E-state index contributed by atoms with van der Waals surface area (Å²) >= 11 is 0. The molecule has 0 spiro atoms. The van der Waals surface area contributed by atoms with Gasteiger partial charge in [0, 0.05) is 29.4 Å². The van der Waals surface area contributed by atoms with Gasteiger partial charge in [0.25, 0.3) is 0 Å². The summed E-state index contributed by atoms with van der Waals surface area (Å²) in [5.74, 6) is 0.632. The Labute approximate surface area is 147 Å². The predicted molar refractivity (Wildman–Crippen MR) is 97.8 cm³/mol. The lowest BCUT2D eigenvalue weighted by Gasteiger charge is -2.10. The second-order valence-electron chi connectivity index (χ2n) is 5.56. The van der Waals surface area contributed by atoms with Gasteiger partial charge in [0.1, 0.15) is 12.1 Å². The highest BCUT2D eigenvalue weighted by Gasteiger charge is 2.18. The molecule has 0 amide bonds. The van der Waals surface area contributed by atoms with Gasteiger partial charge in [0.05, 0.1) is 28.5 Å². The molecule has 0 fully saturated rings. The molecule has 0 aliphatic carbocycles. The van der Waals surface area contributed by atoms with Crippen LogP contribution in [-0.4, -0.2) is 27.0 Å². The number of fused-ring (bicyclic) bond motifs is 2. The summed E-state index contributed by atoms with van der Waals surface area (Å²) in [6.45, 7) is 0. The first-order valence-corrected chi connectivity index (χ1v) is 7.74. The molecular formula is C18H13N5O3. The van der Waals surface area contributed by atoms with E-state index in [1.54, 1.807) is 6.20 Å². The Morgan fingerprint density at radius 2 is 1.96 bits per heavy atom. The van der Waals surface area contributed by atoms with Crippen molar-refractivity contribution < 1.29 is 9.66 Å². The zero-order chi connectivity index (χ0) is 18.1. The van der Waals surface area contributed by atoms with Crippen LogP contribution < -0.4 is 10.1 Å². The third-order valence-corrected chi connectivity index (χ3v) is 4.00. The predicted octanol–water partition coefficient (Wildman–Crippen LogP) is 3.84. The van der Waals surface area contributed by atoms with E-state index in [1.165, 1.54) is 25.6 Å². The highest BCUT2D eigenvalue weighted by atomic mass is 16.6. The van der Waals surface area contributed by atoms with Gasteiger partial charge in [-0.1, -0.05) is 6.07 Å².